The smallest absolute Gasteiger partial charge is 0.337 e. The van der Waals surface area contributed by atoms with Crippen LogP contribution in [0.15, 0.2) is 48.7 Å². The number of hydrogen-bond donors (Lipinski definition) is 2. The quantitative estimate of drug-likeness (QED) is 0.762. The molecule has 3 aromatic rings. The lowest BCUT2D eigenvalue weighted by molar-refractivity contribution is 0.0698. The van der Waals surface area contributed by atoms with Gasteiger partial charge in [-0.2, -0.15) is 0 Å². The Morgan fingerprint density at radius 2 is 1.91 bits per heavy atom. The van der Waals surface area contributed by atoms with E-state index < -0.39 is 5.97 Å². The van der Waals surface area contributed by atoms with Crippen molar-refractivity contribution in [1.82, 2.24) is 4.98 Å². The lowest BCUT2D eigenvalue weighted by atomic mass is 10.1. The van der Waals surface area contributed by atoms with Crippen molar-refractivity contribution >= 4 is 28.2 Å². The van der Waals surface area contributed by atoms with E-state index in [4.69, 9.17) is 4.74 Å². The number of methoxy groups -OCH3 is 1. The molecule has 0 amide bonds. The Balaban J connectivity index is 2.17. The van der Waals surface area contributed by atoms with Crippen molar-refractivity contribution in [2.75, 3.05) is 12.4 Å². The number of para-hydroxylation sites is 1. The zero-order chi connectivity index (χ0) is 16.4. The number of aromatic carboxylic acids is 1. The van der Waals surface area contributed by atoms with Gasteiger partial charge in [0.2, 0.25) is 0 Å². The van der Waals surface area contributed by atoms with Crippen LogP contribution in [0.4, 0.5) is 11.4 Å². The fourth-order valence-corrected chi connectivity index (χ4v) is 2.60. The second-order valence-corrected chi connectivity index (χ2v) is 5.14. The van der Waals surface area contributed by atoms with Gasteiger partial charge >= 0.3 is 5.97 Å². The van der Waals surface area contributed by atoms with E-state index in [1.54, 1.807) is 37.6 Å². The molecule has 0 bridgehead atoms. The SMILES string of the molecule is COc1ccc(C)c2c(Nc3ccccc3C(=O)O)ccnc12. The van der Waals surface area contributed by atoms with Gasteiger partial charge in [0, 0.05) is 17.3 Å². The van der Waals surface area contributed by atoms with Crippen LogP contribution in [0.5, 0.6) is 5.75 Å². The highest BCUT2D eigenvalue weighted by Gasteiger charge is 2.13. The standard InChI is InChI=1S/C18H16N2O3/c1-11-7-8-15(23-2)17-16(11)14(9-10-19-17)20-13-6-4-3-5-12(13)18(21)22/h3-10H,1-2H3,(H,19,20)(H,21,22). The van der Waals surface area contributed by atoms with Crippen LogP contribution in [-0.4, -0.2) is 23.2 Å². The Hall–Kier alpha value is -3.08. The third-order valence-electron chi connectivity index (χ3n) is 3.71. The largest absolute Gasteiger partial charge is 0.494 e. The first-order valence-electron chi connectivity index (χ1n) is 7.13. The van der Waals surface area contributed by atoms with Gasteiger partial charge in [-0.05, 0) is 36.8 Å². The molecule has 0 aliphatic heterocycles. The molecule has 0 atom stereocenters. The fourth-order valence-electron chi connectivity index (χ4n) is 2.60. The number of aryl methyl sites for hydroxylation is 1. The Bertz CT molecular complexity index is 891. The predicted molar refractivity (Wildman–Crippen MR) is 89.7 cm³/mol. The monoisotopic (exact) mass is 308 g/mol. The van der Waals surface area contributed by atoms with Crippen molar-refractivity contribution in [3.63, 3.8) is 0 Å². The summed E-state index contributed by atoms with van der Waals surface area (Å²) in [6.45, 7) is 1.98. The third kappa shape index (κ3) is 2.68. The summed E-state index contributed by atoms with van der Waals surface area (Å²) in [4.78, 5) is 15.8. The minimum Gasteiger partial charge on any atom is -0.494 e. The number of anilines is 2. The van der Waals surface area contributed by atoms with E-state index in [-0.39, 0.29) is 5.56 Å². The highest BCUT2D eigenvalue weighted by molar-refractivity contribution is 6.01. The maximum atomic E-state index is 11.4. The van der Waals surface area contributed by atoms with Crippen LogP contribution in [0, 0.1) is 6.92 Å². The van der Waals surface area contributed by atoms with Crippen LogP contribution < -0.4 is 10.1 Å². The number of nitrogens with one attached hydrogen (secondary N) is 1. The summed E-state index contributed by atoms with van der Waals surface area (Å²) in [5, 5.41) is 13.4. The molecule has 2 aromatic carbocycles. The molecule has 0 saturated heterocycles. The van der Waals surface area contributed by atoms with Crippen molar-refractivity contribution in [3.05, 3.63) is 59.8 Å². The Morgan fingerprint density at radius 1 is 1.13 bits per heavy atom. The van der Waals surface area contributed by atoms with Gasteiger partial charge in [0.15, 0.2) is 0 Å². The molecule has 3 rings (SSSR count). The average molecular weight is 308 g/mol. The highest BCUT2D eigenvalue weighted by atomic mass is 16.5. The number of fused-ring (bicyclic) bond motifs is 1. The van der Waals surface area contributed by atoms with Gasteiger partial charge in [-0.25, -0.2) is 4.79 Å². The highest BCUT2D eigenvalue weighted by Crippen LogP contribution is 2.33. The van der Waals surface area contributed by atoms with Crippen molar-refractivity contribution in [2.24, 2.45) is 0 Å². The van der Waals surface area contributed by atoms with Crippen LogP contribution >= 0.6 is 0 Å². The zero-order valence-corrected chi connectivity index (χ0v) is 12.8. The minimum atomic E-state index is -0.972. The second kappa shape index (κ2) is 5.96. The van der Waals surface area contributed by atoms with E-state index in [9.17, 15) is 9.90 Å². The first-order valence-corrected chi connectivity index (χ1v) is 7.13. The molecule has 0 aliphatic carbocycles. The number of carboxylic acid groups (broad SMARTS) is 1. The van der Waals surface area contributed by atoms with Gasteiger partial charge in [0.25, 0.3) is 0 Å². The summed E-state index contributed by atoms with van der Waals surface area (Å²) in [7, 11) is 1.60. The summed E-state index contributed by atoms with van der Waals surface area (Å²) in [6, 6.07) is 12.5. The van der Waals surface area contributed by atoms with Crippen LogP contribution in [0.3, 0.4) is 0 Å². The van der Waals surface area contributed by atoms with Crippen molar-refractivity contribution < 1.29 is 14.6 Å². The van der Waals surface area contributed by atoms with E-state index in [0.29, 0.717) is 11.4 Å². The van der Waals surface area contributed by atoms with Crippen molar-refractivity contribution in [2.45, 2.75) is 6.92 Å². The summed E-state index contributed by atoms with van der Waals surface area (Å²) in [5.41, 5.74) is 3.32. The molecule has 0 aliphatic rings. The minimum absolute atomic E-state index is 0.220. The number of aromatic nitrogens is 1. The third-order valence-corrected chi connectivity index (χ3v) is 3.71. The summed E-state index contributed by atoms with van der Waals surface area (Å²) < 4.78 is 5.37. The van der Waals surface area contributed by atoms with Gasteiger partial charge in [0.1, 0.15) is 11.3 Å². The summed E-state index contributed by atoms with van der Waals surface area (Å²) in [5.74, 6) is -0.290. The van der Waals surface area contributed by atoms with Gasteiger partial charge in [-0.1, -0.05) is 18.2 Å². The van der Waals surface area contributed by atoms with E-state index in [0.717, 1.165) is 22.2 Å². The Morgan fingerprint density at radius 3 is 2.65 bits per heavy atom. The van der Waals surface area contributed by atoms with Crippen LogP contribution in [0.25, 0.3) is 10.9 Å². The average Bonchev–Trinajstić information content (AvgIpc) is 2.55. The Kier molecular flexibility index (Phi) is 3.85. The first-order chi connectivity index (χ1) is 11.1. The van der Waals surface area contributed by atoms with E-state index in [1.807, 2.05) is 25.1 Å². The van der Waals surface area contributed by atoms with Gasteiger partial charge in [0.05, 0.1) is 18.4 Å². The molecule has 1 heterocycles. The molecule has 5 heteroatoms. The normalized spacial score (nSPS) is 10.5. The maximum Gasteiger partial charge on any atom is 0.337 e. The predicted octanol–water partition coefficient (Wildman–Crippen LogP) is 3.99. The number of pyridine rings is 1. The maximum absolute atomic E-state index is 11.4. The summed E-state index contributed by atoms with van der Waals surface area (Å²) >= 11 is 0. The van der Waals surface area contributed by atoms with E-state index >= 15 is 0 Å². The number of rotatable bonds is 4. The molecule has 0 fully saturated rings. The van der Waals surface area contributed by atoms with Gasteiger partial charge in [-0.15, -0.1) is 0 Å². The van der Waals surface area contributed by atoms with E-state index in [1.165, 1.54) is 0 Å². The molecule has 0 radical (unpaired) electrons. The number of carboxylic acids is 1. The van der Waals surface area contributed by atoms with Crippen molar-refractivity contribution in [3.8, 4) is 5.75 Å². The molecule has 23 heavy (non-hydrogen) atoms. The van der Waals surface area contributed by atoms with Gasteiger partial charge < -0.3 is 15.2 Å². The lowest BCUT2D eigenvalue weighted by Crippen LogP contribution is -2.03. The number of benzene rings is 2. The van der Waals surface area contributed by atoms with Crippen molar-refractivity contribution in [1.29, 1.82) is 0 Å². The molecular formula is C18H16N2O3. The van der Waals surface area contributed by atoms with E-state index in [2.05, 4.69) is 10.3 Å². The van der Waals surface area contributed by atoms with Crippen LogP contribution in [-0.2, 0) is 0 Å². The molecule has 0 saturated carbocycles. The lowest BCUT2D eigenvalue weighted by Gasteiger charge is -2.14. The van der Waals surface area contributed by atoms with Crippen LogP contribution in [0.2, 0.25) is 0 Å². The summed E-state index contributed by atoms with van der Waals surface area (Å²) in [6.07, 6.45) is 1.68. The molecule has 1 aromatic heterocycles. The molecule has 0 spiro atoms. The zero-order valence-electron chi connectivity index (χ0n) is 12.8. The topological polar surface area (TPSA) is 71.5 Å². The molecular weight excluding hydrogens is 292 g/mol. The molecule has 2 N–H and O–H groups in total. The first kappa shape index (κ1) is 14.8. The number of hydrogen-bond acceptors (Lipinski definition) is 4. The number of carbonyl (C=O) groups is 1. The molecule has 0 unspecified atom stereocenters. The van der Waals surface area contributed by atoms with Crippen LogP contribution in [0.1, 0.15) is 15.9 Å². The fraction of sp³-hybridized carbons (Fsp3) is 0.111. The van der Waals surface area contributed by atoms with Gasteiger partial charge in [-0.3, -0.25) is 4.98 Å². The second-order valence-electron chi connectivity index (χ2n) is 5.14. The molecule has 5 nitrogen and oxygen atoms in total. The molecule has 116 valence electrons. The Labute approximate surface area is 133 Å². The number of nitrogens with zero attached hydrogens (tertiary/aromatic N) is 1. The number of ether oxygens (including phenoxy) is 1.